The summed E-state index contributed by atoms with van der Waals surface area (Å²) >= 11 is 1.52. The van der Waals surface area contributed by atoms with E-state index >= 15 is 0 Å². The lowest BCUT2D eigenvalue weighted by Crippen LogP contribution is -2.00. The van der Waals surface area contributed by atoms with E-state index in [1.54, 1.807) is 0 Å². The lowest BCUT2D eigenvalue weighted by Gasteiger charge is -2.10. The molecule has 0 amide bonds. The number of aromatic nitrogens is 4. The van der Waals surface area contributed by atoms with Crippen molar-refractivity contribution in [2.75, 3.05) is 0 Å². The maximum Gasteiger partial charge on any atom is 0.164 e. The first kappa shape index (κ1) is 27.4. The Morgan fingerprint density at radius 1 is 0.411 bits per heavy atom. The summed E-state index contributed by atoms with van der Waals surface area (Å²) in [6.45, 7) is 0. The van der Waals surface area contributed by atoms with E-state index in [9.17, 15) is 0 Å². The molecule has 262 valence electrons. The third-order valence-corrected chi connectivity index (χ3v) is 11.5. The highest BCUT2D eigenvalue weighted by Crippen LogP contribution is 2.44. The zero-order chi connectivity index (χ0) is 41.4. The SMILES string of the molecule is [2H]c1c([2H])c([2H])c(-c2cc(-c3ccccc3)cc3c2sc2cc(-c4nc(-c5ccccc5)nc(-c5ccc6c(c5)c5ccccc5n6-c5ccccc5)n4)ccc23)c([2H])c1[2H]. The van der Waals surface area contributed by atoms with Gasteiger partial charge in [-0.25, -0.2) is 15.0 Å². The molecule has 56 heavy (non-hydrogen) atoms. The summed E-state index contributed by atoms with van der Waals surface area (Å²) in [4.78, 5) is 15.3. The highest BCUT2D eigenvalue weighted by molar-refractivity contribution is 7.26. The minimum Gasteiger partial charge on any atom is -0.309 e. The summed E-state index contributed by atoms with van der Waals surface area (Å²) in [5.41, 5.74) is 8.44. The quantitative estimate of drug-likeness (QED) is 0.171. The zero-order valence-electron chi connectivity index (χ0n) is 34.8. The van der Waals surface area contributed by atoms with Gasteiger partial charge < -0.3 is 4.57 Å². The van der Waals surface area contributed by atoms with Gasteiger partial charge in [0.05, 0.1) is 17.9 Å². The highest BCUT2D eigenvalue weighted by Gasteiger charge is 2.18. The van der Waals surface area contributed by atoms with Crippen LogP contribution < -0.4 is 0 Å². The normalized spacial score (nSPS) is 12.8. The second kappa shape index (κ2) is 13.3. The van der Waals surface area contributed by atoms with Crippen LogP contribution in [0.4, 0.5) is 0 Å². The molecule has 5 heteroatoms. The first-order valence-corrected chi connectivity index (χ1v) is 19.2. The number of hydrogen-bond acceptors (Lipinski definition) is 4. The predicted octanol–water partition coefficient (Wildman–Crippen LogP) is 13.7. The van der Waals surface area contributed by atoms with Gasteiger partial charge in [0.1, 0.15) is 0 Å². The van der Waals surface area contributed by atoms with E-state index in [1.165, 1.54) is 11.3 Å². The van der Waals surface area contributed by atoms with Crippen molar-refractivity contribution < 1.29 is 6.85 Å². The molecule has 0 saturated heterocycles. The fourth-order valence-electron chi connectivity index (χ4n) is 7.70. The Hall–Kier alpha value is -7.21. The summed E-state index contributed by atoms with van der Waals surface area (Å²) in [5.74, 6) is 1.63. The Morgan fingerprint density at radius 2 is 1.00 bits per heavy atom. The van der Waals surface area contributed by atoms with Gasteiger partial charge in [-0.15, -0.1) is 11.3 Å². The van der Waals surface area contributed by atoms with E-state index in [4.69, 9.17) is 21.8 Å². The van der Waals surface area contributed by atoms with Crippen molar-refractivity contribution in [2.45, 2.75) is 0 Å². The maximum absolute atomic E-state index is 8.92. The zero-order valence-corrected chi connectivity index (χ0v) is 30.6. The topological polar surface area (TPSA) is 43.6 Å². The lowest BCUT2D eigenvalue weighted by molar-refractivity contribution is 1.07. The van der Waals surface area contributed by atoms with Gasteiger partial charge in [0, 0.05) is 58.9 Å². The number of rotatable bonds is 6. The highest BCUT2D eigenvalue weighted by atomic mass is 32.1. The minimum absolute atomic E-state index is 0.180. The largest absolute Gasteiger partial charge is 0.309 e. The summed E-state index contributed by atoms with van der Waals surface area (Å²) in [6.07, 6.45) is 0. The van der Waals surface area contributed by atoms with Crippen LogP contribution in [0.2, 0.25) is 0 Å². The molecule has 0 aliphatic rings. The lowest BCUT2D eigenvalue weighted by atomic mass is 9.96. The molecule has 0 N–H and O–H groups in total. The first-order valence-electron chi connectivity index (χ1n) is 20.9. The maximum atomic E-state index is 8.92. The van der Waals surface area contributed by atoms with E-state index < -0.39 is 6.04 Å². The third-order valence-electron chi connectivity index (χ3n) is 10.3. The van der Waals surface area contributed by atoms with Gasteiger partial charge in [0.2, 0.25) is 0 Å². The molecule has 0 radical (unpaired) electrons. The number of hydrogen-bond donors (Lipinski definition) is 0. The van der Waals surface area contributed by atoms with Crippen LogP contribution in [-0.2, 0) is 0 Å². The second-order valence-corrected chi connectivity index (χ2v) is 14.7. The number of para-hydroxylation sites is 2. The first-order chi connectivity index (χ1) is 29.8. The summed E-state index contributed by atoms with van der Waals surface area (Å²) in [5, 5.41) is 4.14. The summed E-state index contributed by atoms with van der Waals surface area (Å²) in [6, 6.07) is 53.7. The molecule has 0 aliphatic heterocycles. The molecule has 0 spiro atoms. The molecule has 8 aromatic carbocycles. The van der Waals surface area contributed by atoms with Crippen molar-refractivity contribution in [3.63, 3.8) is 0 Å². The van der Waals surface area contributed by atoms with Crippen LogP contribution in [0.1, 0.15) is 6.85 Å². The molecule has 4 nitrogen and oxygen atoms in total. The van der Waals surface area contributed by atoms with E-state index in [1.807, 2.05) is 78.9 Å². The van der Waals surface area contributed by atoms with Gasteiger partial charge in [-0.2, -0.15) is 0 Å². The van der Waals surface area contributed by atoms with Gasteiger partial charge in [-0.3, -0.25) is 0 Å². The smallest absolute Gasteiger partial charge is 0.164 e. The van der Waals surface area contributed by atoms with Crippen LogP contribution in [0, 0.1) is 0 Å². The number of nitrogens with zero attached hydrogens (tertiary/aromatic N) is 4. The molecule has 0 unspecified atom stereocenters. The molecule has 3 aromatic heterocycles. The molecular weight excluding hydrogens is 701 g/mol. The molecule has 0 atom stereocenters. The Balaban J connectivity index is 1.11. The van der Waals surface area contributed by atoms with Crippen molar-refractivity contribution in [3.05, 3.63) is 194 Å². The van der Waals surface area contributed by atoms with Crippen molar-refractivity contribution in [2.24, 2.45) is 0 Å². The predicted molar refractivity (Wildman–Crippen MR) is 234 cm³/mol. The molecule has 0 saturated carbocycles. The van der Waals surface area contributed by atoms with E-state index in [-0.39, 0.29) is 29.7 Å². The van der Waals surface area contributed by atoms with Gasteiger partial charge in [0.25, 0.3) is 0 Å². The number of thiophene rings is 1. The van der Waals surface area contributed by atoms with E-state index in [0.717, 1.165) is 75.5 Å². The van der Waals surface area contributed by atoms with Crippen LogP contribution in [0.3, 0.4) is 0 Å². The van der Waals surface area contributed by atoms with Crippen LogP contribution in [0.15, 0.2) is 194 Å². The van der Waals surface area contributed by atoms with Crippen LogP contribution in [-0.4, -0.2) is 19.5 Å². The average molecular weight is 738 g/mol. The van der Waals surface area contributed by atoms with Crippen LogP contribution in [0.25, 0.3) is 104 Å². The molecule has 3 heterocycles. The molecule has 11 aromatic rings. The fraction of sp³-hybridized carbons (Fsp3) is 0. The Bertz CT molecular complexity index is 3500. The standard InChI is InChI=1S/C51H32N4S/c1-5-15-33(16-6-1)38-30-42(34-17-7-2-8-18-34)48-44(31-38)41-27-25-37(32-47(41)56-48)51-53-49(35-19-9-3-10-20-35)52-50(54-51)36-26-28-46-43(29-36)40-23-13-14-24-45(40)55(46)39-21-11-4-12-22-39/h1-32H/i2D,7D,8D,17D,18D. The number of fused-ring (bicyclic) bond motifs is 6. The van der Waals surface area contributed by atoms with Crippen molar-refractivity contribution in [1.82, 2.24) is 19.5 Å². The monoisotopic (exact) mass is 737 g/mol. The van der Waals surface area contributed by atoms with E-state index in [2.05, 4.69) is 89.5 Å². The Morgan fingerprint density at radius 3 is 1.75 bits per heavy atom. The van der Waals surface area contributed by atoms with E-state index in [0.29, 0.717) is 23.0 Å². The van der Waals surface area contributed by atoms with Crippen LogP contribution in [0.5, 0.6) is 0 Å². The molecular formula is C51H32N4S. The van der Waals surface area contributed by atoms with Gasteiger partial charge in [-0.1, -0.05) is 139 Å². The average Bonchev–Trinajstić information content (AvgIpc) is 3.86. The van der Waals surface area contributed by atoms with Crippen molar-refractivity contribution in [3.8, 4) is 62.1 Å². The van der Waals surface area contributed by atoms with Gasteiger partial charge in [0.15, 0.2) is 17.5 Å². The Kier molecular flexibility index (Phi) is 6.49. The molecule has 11 rings (SSSR count). The fourth-order valence-corrected chi connectivity index (χ4v) is 8.95. The summed E-state index contributed by atoms with van der Waals surface area (Å²) in [7, 11) is 0. The van der Waals surface area contributed by atoms with Gasteiger partial charge >= 0.3 is 0 Å². The third kappa shape index (κ3) is 5.48. The number of benzene rings is 8. The van der Waals surface area contributed by atoms with Gasteiger partial charge in [-0.05, 0) is 71.3 Å². The second-order valence-electron chi connectivity index (χ2n) is 13.7. The summed E-state index contributed by atoms with van der Waals surface area (Å²) < 4.78 is 47.1. The molecule has 0 fully saturated rings. The van der Waals surface area contributed by atoms with Crippen molar-refractivity contribution >= 4 is 53.3 Å². The Labute approximate surface area is 334 Å². The minimum atomic E-state index is -0.416. The molecule has 0 bridgehead atoms. The molecule has 0 aliphatic carbocycles. The van der Waals surface area contributed by atoms with Crippen LogP contribution >= 0.6 is 11.3 Å². The van der Waals surface area contributed by atoms with Crippen molar-refractivity contribution in [1.29, 1.82) is 0 Å².